The normalized spacial score (nSPS) is 14.7. The number of pyridine rings is 1. The zero-order valence-corrected chi connectivity index (χ0v) is 17.3. The number of aromatic amines is 1. The second-order valence-electron chi connectivity index (χ2n) is 7.29. The number of rotatable bonds is 5. The van der Waals surface area contributed by atoms with Gasteiger partial charge in [0.1, 0.15) is 5.52 Å². The first-order valence-corrected chi connectivity index (χ1v) is 10.6. The van der Waals surface area contributed by atoms with Gasteiger partial charge in [0.2, 0.25) is 0 Å². The molecule has 5 heterocycles. The molecule has 0 saturated carbocycles. The fourth-order valence-corrected chi connectivity index (χ4v) is 4.83. The number of hydrogen-bond acceptors (Lipinski definition) is 6. The Kier molecular flexibility index (Phi) is 4.65. The quantitative estimate of drug-likeness (QED) is 0.492. The number of aromatic nitrogens is 5. The van der Waals surface area contributed by atoms with E-state index >= 15 is 0 Å². The predicted molar refractivity (Wildman–Crippen MR) is 116 cm³/mol. The Morgan fingerprint density at radius 2 is 2.21 bits per heavy atom. The van der Waals surface area contributed by atoms with Crippen LogP contribution in [-0.4, -0.2) is 41.7 Å². The summed E-state index contributed by atoms with van der Waals surface area (Å²) in [5, 5.41) is 6.56. The molecule has 0 aliphatic carbocycles. The Balaban J connectivity index is 1.54. The minimum absolute atomic E-state index is 0.0475. The van der Waals surface area contributed by atoms with E-state index in [4.69, 9.17) is 0 Å². The fraction of sp³-hybridized carbons (Fsp3) is 0.350. The van der Waals surface area contributed by atoms with Gasteiger partial charge in [-0.2, -0.15) is 5.10 Å². The summed E-state index contributed by atoms with van der Waals surface area (Å²) < 4.78 is 9.23. The van der Waals surface area contributed by atoms with E-state index < -0.39 is 0 Å². The molecule has 8 nitrogen and oxygen atoms in total. The van der Waals surface area contributed by atoms with E-state index in [1.807, 2.05) is 25.5 Å². The van der Waals surface area contributed by atoms with Crippen LogP contribution in [0, 0.1) is 0 Å². The van der Waals surface area contributed by atoms with Crippen LogP contribution in [0.4, 0.5) is 0 Å². The van der Waals surface area contributed by atoms with Gasteiger partial charge in [-0.25, -0.2) is 8.99 Å². The minimum Gasteiger partial charge on any atom is -0.360 e. The molecular weight excluding hydrogens is 386 g/mol. The third-order valence-corrected chi connectivity index (χ3v) is 6.58. The Bertz CT molecular complexity index is 1260. The van der Waals surface area contributed by atoms with Crippen LogP contribution in [0.15, 0.2) is 35.6 Å². The molecule has 0 bridgehead atoms. The molecule has 0 saturated heterocycles. The summed E-state index contributed by atoms with van der Waals surface area (Å²) in [6, 6.07) is 1.96. The number of aryl methyl sites for hydroxylation is 1. The molecular formula is C20H23N7OS. The van der Waals surface area contributed by atoms with Crippen LogP contribution in [0.3, 0.4) is 0 Å². The van der Waals surface area contributed by atoms with Gasteiger partial charge in [-0.15, -0.1) is 0 Å². The van der Waals surface area contributed by atoms with Gasteiger partial charge in [0, 0.05) is 61.1 Å². The summed E-state index contributed by atoms with van der Waals surface area (Å²) in [6.45, 7) is 5.21. The highest BCUT2D eigenvalue weighted by molar-refractivity contribution is 7.95. The highest BCUT2D eigenvalue weighted by Gasteiger charge is 2.25. The molecule has 0 fully saturated rings. The van der Waals surface area contributed by atoms with Crippen molar-refractivity contribution in [1.82, 2.24) is 33.3 Å². The Labute approximate surface area is 172 Å². The van der Waals surface area contributed by atoms with Crippen LogP contribution in [0.5, 0.6) is 0 Å². The van der Waals surface area contributed by atoms with Crippen LogP contribution < -0.4 is 10.3 Å². The van der Waals surface area contributed by atoms with E-state index in [2.05, 4.69) is 35.6 Å². The molecule has 0 aromatic carbocycles. The topological polar surface area (TPSA) is 83.8 Å². The van der Waals surface area contributed by atoms with Crippen LogP contribution in [-0.2, 0) is 26.6 Å². The molecule has 29 heavy (non-hydrogen) atoms. The number of hydrogen-bond donors (Lipinski definition) is 2. The smallest absolute Gasteiger partial charge is 0.291 e. The van der Waals surface area contributed by atoms with E-state index in [9.17, 15) is 4.79 Å². The lowest BCUT2D eigenvalue weighted by Gasteiger charge is -2.26. The van der Waals surface area contributed by atoms with Gasteiger partial charge in [-0.3, -0.25) is 14.5 Å². The van der Waals surface area contributed by atoms with E-state index in [1.54, 1.807) is 29.2 Å². The predicted octanol–water partition coefficient (Wildman–Crippen LogP) is 2.19. The molecule has 0 unspecified atom stereocenters. The largest absolute Gasteiger partial charge is 0.360 e. The lowest BCUT2D eigenvalue weighted by molar-refractivity contribution is 0.428. The SMILES string of the molecule is CCNSN1CCc2c(n(C)c3c(=O)n(Cc4c[nH]c5cnccc45)ncc23)C1. The van der Waals surface area contributed by atoms with Gasteiger partial charge >= 0.3 is 0 Å². The standard InChI is InChI=1S/C20H23N7OS/c1-3-24-29-26-7-5-15-16-9-23-27(20(28)19(16)25(2)18(15)12-26)11-13-8-22-17-10-21-6-4-14(13)17/h4,6,8-10,22,24H,3,5,7,11-12H2,1-2H3. The van der Waals surface area contributed by atoms with Gasteiger partial charge in [-0.05, 0) is 23.6 Å². The average Bonchev–Trinajstić information content (AvgIpc) is 3.28. The monoisotopic (exact) mass is 409 g/mol. The molecule has 2 N–H and O–H groups in total. The van der Waals surface area contributed by atoms with E-state index in [0.29, 0.717) is 6.54 Å². The van der Waals surface area contributed by atoms with Crippen LogP contribution >= 0.6 is 12.1 Å². The molecule has 1 aliphatic rings. The van der Waals surface area contributed by atoms with Crippen LogP contribution in [0.2, 0.25) is 0 Å². The van der Waals surface area contributed by atoms with Crippen molar-refractivity contribution in [1.29, 1.82) is 0 Å². The first-order valence-electron chi connectivity index (χ1n) is 9.78. The van der Waals surface area contributed by atoms with E-state index in [0.717, 1.165) is 53.4 Å². The summed E-state index contributed by atoms with van der Waals surface area (Å²) >= 11 is 1.65. The first kappa shape index (κ1) is 18.4. The zero-order valence-electron chi connectivity index (χ0n) is 16.5. The Morgan fingerprint density at radius 1 is 1.31 bits per heavy atom. The maximum Gasteiger partial charge on any atom is 0.291 e. The average molecular weight is 410 g/mol. The molecule has 0 radical (unpaired) electrons. The number of H-pyrrole nitrogens is 1. The maximum atomic E-state index is 13.3. The van der Waals surface area contributed by atoms with E-state index in [-0.39, 0.29) is 5.56 Å². The van der Waals surface area contributed by atoms with Gasteiger partial charge in [-0.1, -0.05) is 6.92 Å². The second-order valence-corrected chi connectivity index (χ2v) is 8.28. The molecule has 0 amide bonds. The van der Waals surface area contributed by atoms with Gasteiger partial charge in [0.15, 0.2) is 0 Å². The fourth-order valence-electron chi connectivity index (χ4n) is 4.15. The molecule has 0 spiro atoms. The Morgan fingerprint density at radius 3 is 3.07 bits per heavy atom. The Hall–Kier alpha value is -2.62. The summed E-state index contributed by atoms with van der Waals surface area (Å²) in [6.07, 6.45) is 8.27. The molecule has 150 valence electrons. The summed E-state index contributed by atoms with van der Waals surface area (Å²) in [7, 11) is 1.99. The van der Waals surface area contributed by atoms with E-state index in [1.165, 1.54) is 11.3 Å². The molecule has 4 aromatic heterocycles. The van der Waals surface area contributed by atoms with Crippen molar-refractivity contribution in [3.05, 3.63) is 58.0 Å². The molecule has 0 atom stereocenters. The van der Waals surface area contributed by atoms with Crippen molar-refractivity contribution >= 4 is 33.9 Å². The van der Waals surface area contributed by atoms with Crippen molar-refractivity contribution in [3.8, 4) is 0 Å². The third kappa shape index (κ3) is 3.06. The van der Waals surface area contributed by atoms with Gasteiger partial charge < -0.3 is 9.55 Å². The minimum atomic E-state index is -0.0475. The maximum absolute atomic E-state index is 13.3. The lowest BCUT2D eigenvalue weighted by Crippen LogP contribution is -2.28. The highest BCUT2D eigenvalue weighted by Crippen LogP contribution is 2.30. The third-order valence-electron chi connectivity index (χ3n) is 5.60. The van der Waals surface area contributed by atoms with Crippen molar-refractivity contribution in [2.45, 2.75) is 26.4 Å². The van der Waals surface area contributed by atoms with Gasteiger partial charge in [0.25, 0.3) is 5.56 Å². The summed E-state index contributed by atoms with van der Waals surface area (Å²) in [5.41, 5.74) is 5.14. The zero-order chi connectivity index (χ0) is 20.0. The number of nitrogens with zero attached hydrogens (tertiary/aromatic N) is 5. The summed E-state index contributed by atoms with van der Waals surface area (Å²) in [4.78, 5) is 20.7. The number of fused-ring (bicyclic) bond motifs is 4. The molecule has 4 aromatic rings. The first-order chi connectivity index (χ1) is 14.2. The lowest BCUT2D eigenvalue weighted by atomic mass is 10.1. The van der Waals surface area contributed by atoms with Crippen molar-refractivity contribution < 1.29 is 0 Å². The van der Waals surface area contributed by atoms with Crippen molar-refractivity contribution in [2.24, 2.45) is 7.05 Å². The van der Waals surface area contributed by atoms with Gasteiger partial charge in [0.05, 0.1) is 31.0 Å². The molecule has 5 rings (SSSR count). The molecule has 1 aliphatic heterocycles. The highest BCUT2D eigenvalue weighted by atomic mass is 32.2. The van der Waals surface area contributed by atoms with Crippen LogP contribution in [0.1, 0.15) is 23.7 Å². The van der Waals surface area contributed by atoms with Crippen molar-refractivity contribution in [2.75, 3.05) is 13.1 Å². The summed E-state index contributed by atoms with van der Waals surface area (Å²) in [5.74, 6) is 0. The number of nitrogens with one attached hydrogen (secondary N) is 2. The molecule has 9 heteroatoms. The van der Waals surface area contributed by atoms with Crippen molar-refractivity contribution in [3.63, 3.8) is 0 Å². The van der Waals surface area contributed by atoms with Crippen LogP contribution in [0.25, 0.3) is 21.8 Å². The second kappa shape index (κ2) is 7.33.